The molecule has 624 valence electrons. The molecule has 0 heterocycles. The minimum atomic E-state index is -0.544. The van der Waals surface area contributed by atoms with Crippen LogP contribution in [0.5, 0.6) is 0 Å². The van der Waals surface area contributed by atoms with Gasteiger partial charge in [0.1, 0.15) is 0 Å². The van der Waals surface area contributed by atoms with Crippen LogP contribution < -0.4 is 69.0 Å². The quantitative estimate of drug-likeness (QED) is 0.0730. The van der Waals surface area contributed by atoms with Crippen molar-refractivity contribution in [3.05, 3.63) is 468 Å². The van der Waals surface area contributed by atoms with Gasteiger partial charge in [-0.1, -0.05) is 384 Å². The van der Waals surface area contributed by atoms with Crippen LogP contribution in [0.15, 0.2) is 364 Å². The molecule has 16 rings (SSSR count). The third-order valence-corrected chi connectivity index (χ3v) is 28.0. The number of fused-ring (bicyclic) bond motifs is 4. The molecule has 0 saturated heterocycles. The molecule has 0 saturated carbocycles. The molecule has 0 unspecified atom stereocenters. The summed E-state index contributed by atoms with van der Waals surface area (Å²) in [6.07, 6.45) is 0. The Morgan fingerprint density at radius 2 is 0.280 bits per heavy atom. The molecule has 0 aliphatic heterocycles. The van der Waals surface area contributed by atoms with Crippen LogP contribution in [0.4, 0.5) is 0 Å². The van der Waals surface area contributed by atoms with Gasteiger partial charge in [0.2, 0.25) is 0 Å². The average Bonchev–Trinajstić information content (AvgIpc) is 0.810. The van der Waals surface area contributed by atoms with Crippen molar-refractivity contribution in [1.82, 2.24) is 5.32 Å². The van der Waals surface area contributed by atoms with Crippen LogP contribution in [0.1, 0.15) is 44.5 Å². The van der Waals surface area contributed by atoms with E-state index in [-0.39, 0.29) is 102 Å². The first-order valence-corrected chi connectivity index (χ1v) is 50.4. The van der Waals surface area contributed by atoms with Crippen molar-refractivity contribution in [3.8, 4) is 0 Å². The van der Waals surface area contributed by atoms with Crippen LogP contribution in [-0.2, 0) is 30.3 Å². The molecule has 0 aliphatic rings. The molecule has 0 amide bonds. The maximum atomic E-state index is 4.85. The summed E-state index contributed by atoms with van der Waals surface area (Å²) >= 11 is -0.691. The van der Waals surface area contributed by atoms with Crippen molar-refractivity contribution in [3.63, 3.8) is 0 Å². The van der Waals surface area contributed by atoms with E-state index in [1.54, 1.807) is 0 Å². The Morgan fingerprint density at radius 1 is 0.178 bits per heavy atom. The molecular formula is C106H116Cl5NP4Ru2-8. The molecule has 118 heavy (non-hydrogen) atoms. The van der Waals surface area contributed by atoms with Gasteiger partial charge in [0.15, 0.2) is 0 Å². The number of hydrogen-bond acceptors (Lipinski definition) is 1. The molecule has 0 bridgehead atoms. The Morgan fingerprint density at radius 3 is 0.398 bits per heavy atom. The van der Waals surface area contributed by atoms with Crippen LogP contribution >= 0.6 is 82.9 Å². The zero-order chi connectivity index (χ0) is 77.0. The predicted molar refractivity (Wildman–Crippen MR) is 545 cm³/mol. The maximum absolute atomic E-state index is 4.85. The first kappa shape index (κ1) is 109. The van der Waals surface area contributed by atoms with Crippen molar-refractivity contribution in [2.75, 3.05) is 14.1 Å². The van der Waals surface area contributed by atoms with Crippen molar-refractivity contribution in [2.45, 2.75) is 55.4 Å². The van der Waals surface area contributed by atoms with Crippen LogP contribution in [0.3, 0.4) is 0 Å². The number of aryl methyl sites for hydroxylation is 8. The molecular weight excluding hydrogens is 1790 g/mol. The number of hydrogen-bond donors (Lipinski definition) is 1. The zero-order valence-electron chi connectivity index (χ0n) is 71.6. The molecule has 1 N–H and O–H groups in total. The van der Waals surface area contributed by atoms with E-state index in [0.29, 0.717) is 0 Å². The monoisotopic (exact) mass is 1910 g/mol. The predicted octanol–water partition coefficient (Wildman–Crippen LogP) is 27.5. The minimum absolute atomic E-state index is 0. The fourth-order valence-electron chi connectivity index (χ4n) is 12.6. The van der Waals surface area contributed by atoms with Gasteiger partial charge >= 0.3 is 69.1 Å². The van der Waals surface area contributed by atoms with Gasteiger partial charge in [-0.3, -0.25) is 0 Å². The second kappa shape index (κ2) is 56.5. The van der Waals surface area contributed by atoms with E-state index >= 15 is 0 Å². The SMILES string of the molecule is CNC.Cc1ccc(P(c2ccc(C)cc2)c2ccc3ccccc3c2)cc1.Cc1ccc(P(c2ccc(C)cc2)c2ccc3ccccc3c2)cc1.Cc1ccc(P(c2ccc(C)cc2)c2ccc3ccccc3c2)cc1.Cc1ccc(P(c2ccc(C)cc2)c2ccc3ccccc3c2)cc1.Cl.[CH3-].[CH3-].[CH3-].[CH3-].[CH3-].[CH3-].[CH3-].[CH3-].[Cl][Ru][Cl].[Cl][Ru][Cl]. The van der Waals surface area contributed by atoms with E-state index < -0.39 is 31.7 Å². The number of halogens is 5. The van der Waals surface area contributed by atoms with E-state index in [1.807, 2.05) is 14.1 Å². The summed E-state index contributed by atoms with van der Waals surface area (Å²) in [5.41, 5.74) is 10.5. The molecule has 12 heteroatoms. The first-order valence-electron chi connectivity index (χ1n) is 36.1. The summed E-state index contributed by atoms with van der Waals surface area (Å²) in [6, 6.07) is 134. The van der Waals surface area contributed by atoms with E-state index in [1.165, 1.54) is 151 Å². The van der Waals surface area contributed by atoms with E-state index in [0.717, 1.165) is 0 Å². The van der Waals surface area contributed by atoms with Crippen LogP contribution in [0.25, 0.3) is 43.1 Å². The van der Waals surface area contributed by atoms with Crippen LogP contribution in [-0.4, -0.2) is 14.1 Å². The zero-order valence-corrected chi connectivity index (χ0v) is 82.5. The van der Waals surface area contributed by atoms with Gasteiger partial charge < -0.3 is 64.7 Å². The molecule has 0 aromatic heterocycles. The van der Waals surface area contributed by atoms with E-state index in [9.17, 15) is 0 Å². The molecule has 0 fully saturated rings. The summed E-state index contributed by atoms with van der Waals surface area (Å²) in [7, 11) is 21.0. The number of nitrogens with one attached hydrogen (secondary N) is 1. The number of benzene rings is 16. The summed E-state index contributed by atoms with van der Waals surface area (Å²) in [5.74, 6) is 0. The van der Waals surface area contributed by atoms with Gasteiger partial charge in [0.25, 0.3) is 0 Å². The molecule has 0 spiro atoms. The standard InChI is InChI=1S/4C24H21P.C2H7N.8CH3.5ClH.2Ru/c4*1-18-7-12-22(13-8-18)25(23-14-9-19(2)10-15-23)24-16-11-20-5-3-4-6-21(20)17-24;1-3-2;;;;;;;;;;;;;;;/h4*3-17H,1-2H3;3H,1-2H3;8*1H3;5*1H;;/q;;;;;8*-1;;;;;;2*+2/p-4. The summed E-state index contributed by atoms with van der Waals surface area (Å²) in [5, 5.41) is 30.0. The van der Waals surface area contributed by atoms with Crippen molar-refractivity contribution in [2.24, 2.45) is 0 Å². The van der Waals surface area contributed by atoms with Gasteiger partial charge in [-0.25, -0.2) is 0 Å². The molecule has 0 atom stereocenters. The van der Waals surface area contributed by atoms with Gasteiger partial charge in [-0.05, 0) is 232 Å². The fourth-order valence-corrected chi connectivity index (χ4v) is 21.7. The second-order valence-electron chi connectivity index (χ2n) is 26.8. The Labute approximate surface area is 755 Å². The summed E-state index contributed by atoms with van der Waals surface area (Å²) in [4.78, 5) is 0. The molecule has 16 aromatic rings. The second-order valence-corrected chi connectivity index (χ2v) is 40.9. The van der Waals surface area contributed by atoms with E-state index in [4.69, 9.17) is 38.8 Å². The Hall–Kier alpha value is -7.06. The van der Waals surface area contributed by atoms with Crippen molar-refractivity contribution < 1.29 is 30.3 Å². The van der Waals surface area contributed by atoms with Gasteiger partial charge in [0.05, 0.1) is 0 Å². The van der Waals surface area contributed by atoms with Crippen LogP contribution in [0, 0.1) is 115 Å². The molecule has 0 radical (unpaired) electrons. The molecule has 0 aliphatic carbocycles. The normalized spacial score (nSPS) is 9.98. The number of rotatable bonds is 12. The third-order valence-electron chi connectivity index (χ3n) is 18.3. The molecule has 16 aromatic carbocycles. The van der Waals surface area contributed by atoms with Crippen molar-refractivity contribution in [1.29, 1.82) is 0 Å². The Balaban J connectivity index is 0.000000741. The third kappa shape index (κ3) is 31.4. The van der Waals surface area contributed by atoms with Gasteiger partial charge in [0, 0.05) is 0 Å². The Bertz CT molecular complexity index is 4600. The van der Waals surface area contributed by atoms with Gasteiger partial charge in [-0.15, -0.1) is 12.4 Å². The summed E-state index contributed by atoms with van der Waals surface area (Å²) < 4.78 is 0. The van der Waals surface area contributed by atoms with Gasteiger partial charge in [-0.2, -0.15) is 0 Å². The van der Waals surface area contributed by atoms with E-state index in [2.05, 4.69) is 425 Å². The fraction of sp³-hybridized carbons (Fsp3) is 0.0943. The van der Waals surface area contributed by atoms with Crippen molar-refractivity contribution >= 4 is 190 Å². The first-order chi connectivity index (χ1) is 53.1. The molecule has 1 nitrogen and oxygen atoms in total. The topological polar surface area (TPSA) is 12.0 Å². The Kier molecular flexibility index (Phi) is 52.2. The average molecular weight is 1910 g/mol. The van der Waals surface area contributed by atoms with Crippen LogP contribution in [0.2, 0.25) is 0 Å². The summed E-state index contributed by atoms with van der Waals surface area (Å²) in [6.45, 7) is 17.2.